The summed E-state index contributed by atoms with van der Waals surface area (Å²) in [5, 5.41) is 16.3. The third-order valence-electron chi connectivity index (χ3n) is 5.79. The van der Waals surface area contributed by atoms with Crippen LogP contribution in [0.5, 0.6) is 0 Å². The Labute approximate surface area is 181 Å². The number of amides is 3. The first-order valence-electron chi connectivity index (χ1n) is 10.8. The van der Waals surface area contributed by atoms with Gasteiger partial charge in [0.05, 0.1) is 16.9 Å². The van der Waals surface area contributed by atoms with Crippen LogP contribution in [-0.4, -0.2) is 27.1 Å². The summed E-state index contributed by atoms with van der Waals surface area (Å²) in [5.74, 6) is 1.31. The van der Waals surface area contributed by atoms with E-state index >= 15 is 0 Å². The van der Waals surface area contributed by atoms with E-state index in [9.17, 15) is 9.59 Å². The molecule has 1 aliphatic carbocycles. The van der Waals surface area contributed by atoms with Crippen LogP contribution in [0.4, 0.5) is 16.4 Å². The summed E-state index contributed by atoms with van der Waals surface area (Å²) >= 11 is 0. The second-order valence-corrected chi connectivity index (χ2v) is 8.17. The molecule has 0 bridgehead atoms. The van der Waals surface area contributed by atoms with Crippen LogP contribution in [0.2, 0.25) is 0 Å². The highest BCUT2D eigenvalue weighted by Gasteiger charge is 2.19. The Morgan fingerprint density at radius 2 is 1.90 bits per heavy atom. The van der Waals surface area contributed by atoms with E-state index in [1.165, 1.54) is 19.3 Å². The molecule has 0 unspecified atom stereocenters. The number of nitrogens with zero attached hydrogens (tertiary/aromatic N) is 2. The summed E-state index contributed by atoms with van der Waals surface area (Å²) in [7, 11) is 0. The number of aromatic amines is 1. The van der Waals surface area contributed by atoms with Crippen LogP contribution in [0.1, 0.15) is 57.1 Å². The van der Waals surface area contributed by atoms with Gasteiger partial charge in [-0.25, -0.2) is 9.78 Å². The molecule has 3 amide bonds. The molecule has 4 rings (SSSR count). The molecule has 0 aliphatic heterocycles. The molecule has 4 N–H and O–H groups in total. The van der Waals surface area contributed by atoms with Gasteiger partial charge in [0.1, 0.15) is 5.82 Å². The largest absolute Gasteiger partial charge is 0.331 e. The van der Waals surface area contributed by atoms with E-state index in [2.05, 4.69) is 31.1 Å². The summed E-state index contributed by atoms with van der Waals surface area (Å²) in [5.41, 5.74) is 1.71. The van der Waals surface area contributed by atoms with E-state index in [-0.39, 0.29) is 18.0 Å². The summed E-state index contributed by atoms with van der Waals surface area (Å²) in [6.45, 7) is 1.92. The maximum atomic E-state index is 12.4. The number of hydrogen-bond acceptors (Lipinski definition) is 4. The van der Waals surface area contributed by atoms with Gasteiger partial charge < -0.3 is 10.6 Å². The van der Waals surface area contributed by atoms with Crippen molar-refractivity contribution in [3.63, 3.8) is 0 Å². The predicted octanol–water partition coefficient (Wildman–Crippen LogP) is 4.75. The Bertz CT molecular complexity index is 1040. The third kappa shape index (κ3) is 5.39. The normalized spacial score (nSPS) is 15.4. The Hall–Kier alpha value is -3.42. The minimum absolute atomic E-state index is 0.0169. The van der Waals surface area contributed by atoms with E-state index in [1.54, 1.807) is 12.3 Å². The van der Waals surface area contributed by atoms with Crippen molar-refractivity contribution in [3.05, 3.63) is 48.2 Å². The lowest BCUT2D eigenvalue weighted by Gasteiger charge is -2.20. The van der Waals surface area contributed by atoms with Crippen molar-refractivity contribution in [2.24, 2.45) is 5.92 Å². The van der Waals surface area contributed by atoms with Gasteiger partial charge in [-0.05, 0) is 31.2 Å². The molecule has 2 aromatic heterocycles. The zero-order chi connectivity index (χ0) is 21.6. The van der Waals surface area contributed by atoms with Crippen LogP contribution < -0.4 is 16.0 Å². The van der Waals surface area contributed by atoms with Crippen molar-refractivity contribution < 1.29 is 9.59 Å². The van der Waals surface area contributed by atoms with Gasteiger partial charge in [-0.15, -0.1) is 0 Å². The smallest absolute Gasteiger partial charge is 0.320 e. The van der Waals surface area contributed by atoms with E-state index in [4.69, 9.17) is 0 Å². The summed E-state index contributed by atoms with van der Waals surface area (Å²) in [6, 6.07) is 11.0. The quantitative estimate of drug-likeness (QED) is 0.461. The lowest BCUT2D eigenvalue weighted by molar-refractivity contribution is -0.117. The van der Waals surface area contributed by atoms with Gasteiger partial charge in [-0.2, -0.15) is 5.10 Å². The van der Waals surface area contributed by atoms with E-state index in [0.717, 1.165) is 18.4 Å². The first-order chi connectivity index (χ1) is 15.1. The van der Waals surface area contributed by atoms with Gasteiger partial charge in [0.15, 0.2) is 5.82 Å². The second kappa shape index (κ2) is 9.59. The number of fused-ring (bicyclic) bond motifs is 1. The number of H-pyrrole nitrogens is 1. The molecule has 0 radical (unpaired) electrons. The van der Waals surface area contributed by atoms with Crippen molar-refractivity contribution in [3.8, 4) is 0 Å². The van der Waals surface area contributed by atoms with Crippen LogP contribution in [0, 0.1) is 5.92 Å². The summed E-state index contributed by atoms with van der Waals surface area (Å²) in [6.07, 6.45) is 8.06. The van der Waals surface area contributed by atoms with Crippen LogP contribution >= 0.6 is 0 Å². The molecule has 8 nitrogen and oxygen atoms in total. The first-order valence-corrected chi connectivity index (χ1v) is 10.8. The molecule has 1 saturated carbocycles. The molecule has 1 aromatic carbocycles. The van der Waals surface area contributed by atoms with Gasteiger partial charge in [0.2, 0.25) is 5.91 Å². The zero-order valence-corrected chi connectivity index (χ0v) is 17.6. The highest BCUT2D eigenvalue weighted by Crippen LogP contribution is 2.27. The fraction of sp³-hybridized carbons (Fsp3) is 0.391. The second-order valence-electron chi connectivity index (χ2n) is 8.17. The molecule has 2 heterocycles. The van der Waals surface area contributed by atoms with Crippen LogP contribution in [0.3, 0.4) is 0 Å². The Morgan fingerprint density at radius 3 is 2.68 bits per heavy atom. The first kappa shape index (κ1) is 20.8. The van der Waals surface area contributed by atoms with Crippen molar-refractivity contribution >= 4 is 34.5 Å². The topological polar surface area (TPSA) is 112 Å². The maximum Gasteiger partial charge on any atom is 0.320 e. The average molecular weight is 421 g/mol. The standard InChI is InChI=1S/C23H28N6O2/c1-15(17-10-6-3-7-11-17)25-23(31)26-20-13-19-18(14-24-20)22(29-28-19)27-21(30)12-16-8-4-2-5-9-16/h3,6-7,10-11,13-16H,2,4-5,8-9,12H2,1H3,(H2,24,25,26,31)(H2,27,28,29,30)/t15-/m1/s1. The molecule has 8 heteroatoms. The van der Waals surface area contributed by atoms with Crippen molar-refractivity contribution in [1.82, 2.24) is 20.5 Å². The van der Waals surface area contributed by atoms with Gasteiger partial charge in [-0.3, -0.25) is 15.2 Å². The maximum absolute atomic E-state index is 12.4. The Balaban J connectivity index is 1.35. The van der Waals surface area contributed by atoms with Crippen LogP contribution in [0.15, 0.2) is 42.6 Å². The number of carbonyl (C=O) groups excluding carboxylic acids is 2. The number of pyridine rings is 1. The number of hydrogen-bond donors (Lipinski definition) is 4. The molecular formula is C23H28N6O2. The van der Waals surface area contributed by atoms with Gasteiger partial charge in [0.25, 0.3) is 0 Å². The fourth-order valence-corrected chi connectivity index (χ4v) is 4.09. The van der Waals surface area contributed by atoms with Gasteiger partial charge >= 0.3 is 6.03 Å². The zero-order valence-electron chi connectivity index (χ0n) is 17.6. The molecule has 0 saturated heterocycles. The minimum Gasteiger partial charge on any atom is -0.331 e. The molecule has 1 aliphatic rings. The van der Waals surface area contributed by atoms with E-state index in [1.807, 2.05) is 37.3 Å². The van der Waals surface area contributed by atoms with Gasteiger partial charge in [0, 0.05) is 18.7 Å². The highest BCUT2D eigenvalue weighted by atomic mass is 16.2. The Kier molecular flexibility index (Phi) is 6.45. The number of rotatable bonds is 6. The van der Waals surface area contributed by atoms with E-state index in [0.29, 0.717) is 34.9 Å². The molecule has 1 atom stereocenters. The molecule has 0 spiro atoms. The number of nitrogens with one attached hydrogen (secondary N) is 4. The minimum atomic E-state index is -0.344. The lowest BCUT2D eigenvalue weighted by Crippen LogP contribution is -2.31. The van der Waals surface area contributed by atoms with Crippen LogP contribution in [0.25, 0.3) is 10.9 Å². The number of urea groups is 1. The predicted molar refractivity (Wildman–Crippen MR) is 121 cm³/mol. The van der Waals surface area contributed by atoms with E-state index < -0.39 is 0 Å². The number of anilines is 2. The molecule has 1 fully saturated rings. The summed E-state index contributed by atoms with van der Waals surface area (Å²) < 4.78 is 0. The summed E-state index contributed by atoms with van der Waals surface area (Å²) in [4.78, 5) is 29.0. The molecular weight excluding hydrogens is 392 g/mol. The van der Waals surface area contributed by atoms with Gasteiger partial charge in [-0.1, -0.05) is 49.6 Å². The lowest BCUT2D eigenvalue weighted by atomic mass is 9.87. The Morgan fingerprint density at radius 1 is 1.13 bits per heavy atom. The SMILES string of the molecule is C[C@@H](NC(=O)Nc1cc2[nH]nc(NC(=O)CC3CCCCC3)c2cn1)c1ccccc1. The number of benzene rings is 1. The molecule has 162 valence electrons. The highest BCUT2D eigenvalue weighted by molar-refractivity contribution is 6.00. The number of carbonyl (C=O) groups is 2. The van der Waals surface area contributed by atoms with Crippen molar-refractivity contribution in [1.29, 1.82) is 0 Å². The number of aromatic nitrogens is 3. The van der Waals surface area contributed by atoms with Crippen LogP contribution in [-0.2, 0) is 4.79 Å². The molecule has 3 aromatic rings. The third-order valence-corrected chi connectivity index (χ3v) is 5.79. The monoisotopic (exact) mass is 420 g/mol. The van der Waals surface area contributed by atoms with Crippen molar-refractivity contribution in [2.75, 3.05) is 10.6 Å². The average Bonchev–Trinajstić information content (AvgIpc) is 3.16. The fourth-order valence-electron chi connectivity index (χ4n) is 4.09. The molecule has 31 heavy (non-hydrogen) atoms. The van der Waals surface area contributed by atoms with Crippen molar-refractivity contribution in [2.45, 2.75) is 51.5 Å².